The highest BCUT2D eigenvalue weighted by atomic mass is 32.2. The summed E-state index contributed by atoms with van der Waals surface area (Å²) in [5.74, 6) is -1.90. The summed E-state index contributed by atoms with van der Waals surface area (Å²) in [5, 5.41) is 12.7. The fraction of sp³-hybridized carbons (Fsp3) is 0.762. The van der Waals surface area contributed by atoms with E-state index < -0.39 is 61.9 Å². The number of carbonyl (C=O) groups is 3. The summed E-state index contributed by atoms with van der Waals surface area (Å²) in [6.45, 7) is 10.4. The lowest BCUT2D eigenvalue weighted by atomic mass is 10.1. The third-order valence-electron chi connectivity index (χ3n) is 6.51. The second kappa shape index (κ2) is 8.02. The monoisotopic (exact) mass is 471 g/mol. The molecule has 0 aromatic heterocycles. The molecule has 3 amide bonds. The van der Waals surface area contributed by atoms with Crippen LogP contribution in [-0.4, -0.2) is 70.9 Å². The lowest BCUT2D eigenvalue weighted by Crippen LogP contribution is -2.57. The number of carbonyl (C=O) groups excluding carboxylic acids is 3. The molecule has 2 aliphatic carbocycles. The molecule has 0 spiro atoms. The number of nitrogens with zero attached hydrogens (tertiary/aromatic N) is 1. The van der Waals surface area contributed by atoms with E-state index in [1.165, 1.54) is 6.08 Å². The number of aliphatic hydroxyl groups excluding tert-OH is 1. The van der Waals surface area contributed by atoms with E-state index in [1.54, 1.807) is 27.7 Å². The molecule has 2 saturated carbocycles. The van der Waals surface area contributed by atoms with E-state index in [0.717, 1.165) is 4.90 Å². The van der Waals surface area contributed by atoms with E-state index in [4.69, 9.17) is 4.74 Å². The topological polar surface area (TPSA) is 142 Å². The molecule has 0 aromatic rings. The van der Waals surface area contributed by atoms with Gasteiger partial charge in [-0.1, -0.05) is 13.0 Å². The Morgan fingerprint density at radius 2 is 1.91 bits per heavy atom. The minimum absolute atomic E-state index is 0.0151. The van der Waals surface area contributed by atoms with E-state index in [1.807, 2.05) is 0 Å². The first-order valence-corrected chi connectivity index (χ1v) is 12.4. The summed E-state index contributed by atoms with van der Waals surface area (Å²) in [5.41, 5.74) is -2.24. The van der Waals surface area contributed by atoms with Crippen LogP contribution in [0.2, 0.25) is 0 Å². The van der Waals surface area contributed by atoms with E-state index in [-0.39, 0.29) is 19.4 Å². The Hall–Kier alpha value is -2.14. The van der Waals surface area contributed by atoms with Crippen molar-refractivity contribution in [3.63, 3.8) is 0 Å². The van der Waals surface area contributed by atoms with Crippen LogP contribution in [0.4, 0.5) is 4.79 Å². The predicted octanol–water partition coefficient (Wildman–Crippen LogP) is 0.806. The van der Waals surface area contributed by atoms with Crippen molar-refractivity contribution in [2.24, 2.45) is 5.92 Å². The molecule has 0 radical (unpaired) electrons. The first kappa shape index (κ1) is 24.5. The maximum Gasteiger partial charge on any atom is 0.411 e. The van der Waals surface area contributed by atoms with Gasteiger partial charge >= 0.3 is 6.09 Å². The third kappa shape index (κ3) is 4.50. The van der Waals surface area contributed by atoms with Crippen LogP contribution in [0, 0.1) is 5.92 Å². The summed E-state index contributed by atoms with van der Waals surface area (Å²) in [7, 11) is -3.89. The molecule has 0 aromatic carbocycles. The second-order valence-electron chi connectivity index (χ2n) is 10.0. The number of nitrogens with one attached hydrogen (secondary N) is 2. The number of amides is 3. The van der Waals surface area contributed by atoms with Crippen molar-refractivity contribution in [2.45, 2.75) is 87.8 Å². The van der Waals surface area contributed by atoms with Gasteiger partial charge in [0.25, 0.3) is 5.91 Å². The first-order chi connectivity index (χ1) is 14.7. The van der Waals surface area contributed by atoms with Gasteiger partial charge in [-0.2, -0.15) is 0 Å². The largest absolute Gasteiger partial charge is 0.444 e. The molecule has 1 aliphatic heterocycles. The Balaban J connectivity index is 1.75. The standard InChI is InChI=1S/C21H33N3O7S/c1-6-13-11-21(13,17(27)23-32(29,30)20(7-2)8-9-20)22-16(26)15-10-14(25)12-24(15)18(28)31-19(3,4)5/h6,13-15,25H,1,7-12H2,2-5H3,(H,22,26)(H,23,27). The van der Waals surface area contributed by atoms with Crippen molar-refractivity contribution in [3.05, 3.63) is 12.7 Å². The van der Waals surface area contributed by atoms with Gasteiger partial charge in [-0.25, -0.2) is 13.2 Å². The van der Waals surface area contributed by atoms with Gasteiger partial charge in [0.05, 0.1) is 17.4 Å². The average molecular weight is 472 g/mol. The van der Waals surface area contributed by atoms with Crippen LogP contribution in [0.3, 0.4) is 0 Å². The van der Waals surface area contributed by atoms with E-state index in [0.29, 0.717) is 19.3 Å². The number of ether oxygens (including phenoxy) is 1. The molecule has 4 atom stereocenters. The number of hydrogen-bond donors (Lipinski definition) is 3. The van der Waals surface area contributed by atoms with Crippen molar-refractivity contribution >= 4 is 27.9 Å². The lowest BCUT2D eigenvalue weighted by Gasteiger charge is -2.29. The van der Waals surface area contributed by atoms with Gasteiger partial charge in [0, 0.05) is 12.3 Å². The van der Waals surface area contributed by atoms with Crippen LogP contribution in [0.1, 0.15) is 59.8 Å². The zero-order chi connectivity index (χ0) is 24.1. The smallest absolute Gasteiger partial charge is 0.411 e. The van der Waals surface area contributed by atoms with Gasteiger partial charge < -0.3 is 15.2 Å². The number of aliphatic hydroxyl groups is 1. The van der Waals surface area contributed by atoms with Crippen molar-refractivity contribution in [1.82, 2.24) is 14.9 Å². The molecule has 3 rings (SSSR count). The van der Waals surface area contributed by atoms with Crippen molar-refractivity contribution in [1.29, 1.82) is 0 Å². The lowest BCUT2D eigenvalue weighted by molar-refractivity contribution is -0.131. The quantitative estimate of drug-likeness (QED) is 0.466. The number of sulfonamides is 1. The Bertz CT molecular complexity index is 922. The summed E-state index contributed by atoms with van der Waals surface area (Å²) in [6.07, 6.45) is 1.38. The fourth-order valence-corrected chi connectivity index (χ4v) is 5.86. The Morgan fingerprint density at radius 3 is 2.38 bits per heavy atom. The van der Waals surface area contributed by atoms with Crippen molar-refractivity contribution in [3.8, 4) is 0 Å². The van der Waals surface area contributed by atoms with Gasteiger partial charge in [0.1, 0.15) is 17.2 Å². The highest BCUT2D eigenvalue weighted by molar-refractivity contribution is 7.91. The SMILES string of the molecule is C=CC1CC1(NC(=O)C1CC(O)CN1C(=O)OC(C)(C)C)C(=O)NS(=O)(=O)C1(CC)CC1. The second-order valence-corrected chi connectivity index (χ2v) is 12.1. The zero-order valence-corrected chi connectivity index (χ0v) is 19.8. The Labute approximate surface area is 188 Å². The molecule has 11 heteroatoms. The maximum atomic E-state index is 13.1. The van der Waals surface area contributed by atoms with Gasteiger partial charge in [-0.15, -0.1) is 6.58 Å². The normalized spacial score (nSPS) is 30.9. The molecule has 1 heterocycles. The third-order valence-corrected chi connectivity index (χ3v) is 8.80. The predicted molar refractivity (Wildman–Crippen MR) is 116 cm³/mol. The molecule has 1 saturated heterocycles. The average Bonchev–Trinajstić information content (AvgIpc) is 3.56. The van der Waals surface area contributed by atoms with Crippen LogP contribution in [0.25, 0.3) is 0 Å². The molecule has 0 bridgehead atoms. The summed E-state index contributed by atoms with van der Waals surface area (Å²) < 4.78 is 32.0. The molecule has 32 heavy (non-hydrogen) atoms. The fourth-order valence-electron chi connectivity index (χ4n) is 4.19. The van der Waals surface area contributed by atoms with Gasteiger partial charge in [-0.05, 0) is 46.5 Å². The molecule has 3 fully saturated rings. The van der Waals surface area contributed by atoms with Gasteiger partial charge in [0.15, 0.2) is 0 Å². The zero-order valence-electron chi connectivity index (χ0n) is 19.0. The van der Waals surface area contributed by atoms with Crippen molar-refractivity contribution < 1.29 is 32.6 Å². The molecule has 3 N–H and O–H groups in total. The van der Waals surface area contributed by atoms with E-state index in [9.17, 15) is 27.9 Å². The first-order valence-electron chi connectivity index (χ1n) is 10.9. The summed E-state index contributed by atoms with van der Waals surface area (Å²) >= 11 is 0. The molecule has 180 valence electrons. The Kier molecular flexibility index (Phi) is 6.14. The molecular formula is C21H33N3O7S. The highest BCUT2D eigenvalue weighted by Crippen LogP contribution is 2.48. The van der Waals surface area contributed by atoms with Gasteiger partial charge in [-0.3, -0.25) is 19.2 Å². The maximum absolute atomic E-state index is 13.1. The number of rotatable bonds is 7. The number of β-amino-alcohol motifs (C(OH)–C–C–N with tert-alkyl or cyclic N) is 1. The molecule has 4 unspecified atom stereocenters. The van der Waals surface area contributed by atoms with Crippen LogP contribution < -0.4 is 10.0 Å². The van der Waals surface area contributed by atoms with Gasteiger partial charge in [0.2, 0.25) is 15.9 Å². The minimum atomic E-state index is -3.89. The molecule has 10 nitrogen and oxygen atoms in total. The minimum Gasteiger partial charge on any atom is -0.444 e. The summed E-state index contributed by atoms with van der Waals surface area (Å²) in [4.78, 5) is 39.8. The highest BCUT2D eigenvalue weighted by Gasteiger charge is 2.63. The van der Waals surface area contributed by atoms with Crippen molar-refractivity contribution in [2.75, 3.05) is 6.54 Å². The molecular weight excluding hydrogens is 438 g/mol. The number of likely N-dealkylation sites (tertiary alicyclic amines) is 1. The van der Waals surface area contributed by atoms with Crippen LogP contribution in [0.15, 0.2) is 12.7 Å². The van der Waals surface area contributed by atoms with E-state index >= 15 is 0 Å². The number of hydrogen-bond acceptors (Lipinski definition) is 7. The van der Waals surface area contributed by atoms with E-state index in [2.05, 4.69) is 16.6 Å². The molecule has 3 aliphatic rings. The van der Waals surface area contributed by atoms with Crippen LogP contribution in [-0.2, 0) is 24.3 Å². The van der Waals surface area contributed by atoms with Crippen LogP contribution >= 0.6 is 0 Å². The van der Waals surface area contributed by atoms with Crippen LogP contribution in [0.5, 0.6) is 0 Å². The Morgan fingerprint density at radius 1 is 1.28 bits per heavy atom. The summed E-state index contributed by atoms with van der Waals surface area (Å²) in [6, 6.07) is -1.04.